The normalized spacial score (nSPS) is 28.5. The minimum absolute atomic E-state index is 0.0110. The van der Waals surface area contributed by atoms with Gasteiger partial charge in [-0.15, -0.1) is 0 Å². The van der Waals surface area contributed by atoms with Crippen LogP contribution in [0.2, 0.25) is 0 Å². The van der Waals surface area contributed by atoms with Gasteiger partial charge in [-0.25, -0.2) is 0 Å². The third-order valence-electron chi connectivity index (χ3n) is 3.93. The molecule has 1 aliphatic rings. The highest BCUT2D eigenvalue weighted by Crippen LogP contribution is 2.34. The summed E-state index contributed by atoms with van der Waals surface area (Å²) in [6.45, 7) is 1.43. The maximum atomic E-state index is 12.0. The standard InChI is InChI=1S/C13H18N4O5/c1-5-3-17(10-7(5)11(20)16-13(14)15-10)12-9(21-2)8(19)6(4-18)22-12/h3,6,8-9,12,18-19H,4H2,1-2H3,(H3,14,15,16,20)/t6-,8-,9-,12-/m1/s1. The molecular weight excluding hydrogens is 292 g/mol. The summed E-state index contributed by atoms with van der Waals surface area (Å²) in [4.78, 5) is 18.6. The van der Waals surface area contributed by atoms with Crippen molar-refractivity contribution in [3.63, 3.8) is 0 Å². The van der Waals surface area contributed by atoms with Crippen LogP contribution < -0.4 is 11.3 Å². The first-order chi connectivity index (χ1) is 10.5. The van der Waals surface area contributed by atoms with Gasteiger partial charge in [0.2, 0.25) is 5.95 Å². The highest BCUT2D eigenvalue weighted by Gasteiger charge is 2.45. The molecule has 22 heavy (non-hydrogen) atoms. The maximum Gasteiger partial charge on any atom is 0.262 e. The number of aryl methyl sites for hydroxylation is 1. The molecule has 1 saturated heterocycles. The van der Waals surface area contributed by atoms with E-state index in [1.165, 1.54) is 7.11 Å². The number of ether oxygens (including phenoxy) is 2. The molecule has 0 amide bonds. The Bertz CT molecular complexity index is 755. The molecule has 3 rings (SSSR count). The van der Waals surface area contributed by atoms with Crippen molar-refractivity contribution in [3.05, 3.63) is 22.1 Å². The SMILES string of the molecule is CO[C@@H]1[C@H](O)[C@@H](CO)O[C@H]1n1cc(C)c2c(=O)[nH]c(N)nc21. The van der Waals surface area contributed by atoms with Crippen LogP contribution in [0.1, 0.15) is 11.8 Å². The third-order valence-corrected chi connectivity index (χ3v) is 3.93. The number of aliphatic hydroxyl groups is 2. The summed E-state index contributed by atoms with van der Waals surface area (Å²) >= 11 is 0. The fraction of sp³-hybridized carbons (Fsp3) is 0.538. The fourth-order valence-corrected chi connectivity index (χ4v) is 2.90. The molecule has 120 valence electrons. The Balaban J connectivity index is 2.16. The molecule has 1 aliphatic heterocycles. The van der Waals surface area contributed by atoms with Gasteiger partial charge in [0.25, 0.3) is 5.56 Å². The van der Waals surface area contributed by atoms with Gasteiger partial charge in [-0.3, -0.25) is 9.78 Å². The highest BCUT2D eigenvalue weighted by atomic mass is 16.6. The Morgan fingerprint density at radius 1 is 1.59 bits per heavy atom. The summed E-state index contributed by atoms with van der Waals surface area (Å²) in [7, 11) is 1.44. The van der Waals surface area contributed by atoms with Crippen LogP contribution >= 0.6 is 0 Å². The minimum Gasteiger partial charge on any atom is -0.394 e. The Morgan fingerprint density at radius 2 is 2.32 bits per heavy atom. The number of nitrogen functional groups attached to an aromatic ring is 1. The van der Waals surface area contributed by atoms with Crippen LogP contribution in [-0.4, -0.2) is 56.8 Å². The van der Waals surface area contributed by atoms with E-state index in [2.05, 4.69) is 9.97 Å². The molecule has 0 bridgehead atoms. The van der Waals surface area contributed by atoms with Crippen LogP contribution in [0.15, 0.2) is 11.0 Å². The minimum atomic E-state index is -0.989. The summed E-state index contributed by atoms with van der Waals surface area (Å²) in [6.07, 6.45) is -1.49. The summed E-state index contributed by atoms with van der Waals surface area (Å²) in [5.41, 5.74) is 6.31. The van der Waals surface area contributed by atoms with E-state index in [1.54, 1.807) is 17.7 Å². The second-order valence-electron chi connectivity index (χ2n) is 5.31. The van der Waals surface area contributed by atoms with Crippen molar-refractivity contribution in [1.29, 1.82) is 0 Å². The lowest BCUT2D eigenvalue weighted by molar-refractivity contribution is -0.0580. The smallest absolute Gasteiger partial charge is 0.262 e. The number of nitrogens with two attached hydrogens (primary N) is 1. The van der Waals surface area contributed by atoms with Gasteiger partial charge in [0, 0.05) is 13.3 Å². The summed E-state index contributed by atoms with van der Waals surface area (Å²) < 4.78 is 12.5. The molecule has 0 aliphatic carbocycles. The summed E-state index contributed by atoms with van der Waals surface area (Å²) in [5.74, 6) is -0.0110. The molecule has 9 nitrogen and oxygen atoms in total. The van der Waals surface area contributed by atoms with Crippen molar-refractivity contribution in [3.8, 4) is 0 Å². The first kappa shape index (κ1) is 15.0. The quantitative estimate of drug-likeness (QED) is 0.564. The lowest BCUT2D eigenvalue weighted by atomic mass is 10.1. The number of hydrogen-bond donors (Lipinski definition) is 4. The van der Waals surface area contributed by atoms with E-state index in [9.17, 15) is 15.0 Å². The number of rotatable bonds is 3. The van der Waals surface area contributed by atoms with Gasteiger partial charge in [-0.2, -0.15) is 4.98 Å². The number of aromatic nitrogens is 3. The second kappa shape index (κ2) is 5.36. The van der Waals surface area contributed by atoms with E-state index >= 15 is 0 Å². The van der Waals surface area contributed by atoms with E-state index in [0.29, 0.717) is 16.6 Å². The molecule has 1 fully saturated rings. The molecule has 9 heteroatoms. The maximum absolute atomic E-state index is 12.0. The van der Waals surface area contributed by atoms with Gasteiger partial charge >= 0.3 is 0 Å². The summed E-state index contributed by atoms with van der Waals surface area (Å²) in [5, 5.41) is 19.8. The van der Waals surface area contributed by atoms with Gasteiger partial charge in [-0.1, -0.05) is 0 Å². The number of hydrogen-bond acceptors (Lipinski definition) is 7. The Kier molecular flexibility index (Phi) is 3.65. The zero-order valence-corrected chi connectivity index (χ0v) is 12.2. The van der Waals surface area contributed by atoms with Crippen molar-refractivity contribution in [2.24, 2.45) is 0 Å². The number of nitrogens with one attached hydrogen (secondary N) is 1. The topological polar surface area (TPSA) is 136 Å². The first-order valence-corrected chi connectivity index (χ1v) is 6.82. The molecule has 0 unspecified atom stereocenters. The number of anilines is 1. The lowest BCUT2D eigenvalue weighted by Crippen LogP contribution is -2.34. The molecular formula is C13H18N4O5. The van der Waals surface area contributed by atoms with Crippen molar-refractivity contribution < 1.29 is 19.7 Å². The lowest BCUT2D eigenvalue weighted by Gasteiger charge is -2.20. The molecule has 2 aromatic heterocycles. The molecule has 4 atom stereocenters. The van der Waals surface area contributed by atoms with E-state index < -0.39 is 24.5 Å². The van der Waals surface area contributed by atoms with Crippen LogP contribution in [0.25, 0.3) is 11.0 Å². The van der Waals surface area contributed by atoms with Gasteiger partial charge in [-0.05, 0) is 12.5 Å². The van der Waals surface area contributed by atoms with Crippen molar-refractivity contribution in [2.45, 2.75) is 31.5 Å². The predicted octanol–water partition coefficient (Wildman–Crippen LogP) is -1.12. The fourth-order valence-electron chi connectivity index (χ4n) is 2.90. The average Bonchev–Trinajstić information content (AvgIpc) is 2.96. The number of aromatic amines is 1. The van der Waals surface area contributed by atoms with Gasteiger partial charge < -0.3 is 30.0 Å². The summed E-state index contributed by atoms with van der Waals surface area (Å²) in [6, 6.07) is 0. The van der Waals surface area contributed by atoms with Crippen LogP contribution in [0.5, 0.6) is 0 Å². The molecule has 2 aromatic rings. The second-order valence-corrected chi connectivity index (χ2v) is 5.31. The molecule has 0 spiro atoms. The number of H-pyrrole nitrogens is 1. The zero-order valence-electron chi connectivity index (χ0n) is 12.2. The van der Waals surface area contributed by atoms with Crippen LogP contribution in [0.3, 0.4) is 0 Å². The van der Waals surface area contributed by atoms with Crippen molar-refractivity contribution in [2.75, 3.05) is 19.5 Å². The van der Waals surface area contributed by atoms with E-state index in [4.69, 9.17) is 15.2 Å². The Labute approximate surface area is 125 Å². The van der Waals surface area contributed by atoms with Crippen molar-refractivity contribution in [1.82, 2.24) is 14.5 Å². The van der Waals surface area contributed by atoms with E-state index in [1.807, 2.05) is 0 Å². The number of methoxy groups -OCH3 is 1. The van der Waals surface area contributed by atoms with E-state index in [0.717, 1.165) is 0 Å². The average molecular weight is 310 g/mol. The Hall–Kier alpha value is -1.94. The molecule has 0 aromatic carbocycles. The Morgan fingerprint density at radius 3 is 2.95 bits per heavy atom. The first-order valence-electron chi connectivity index (χ1n) is 6.82. The monoisotopic (exact) mass is 310 g/mol. The van der Waals surface area contributed by atoms with Gasteiger partial charge in [0.15, 0.2) is 11.9 Å². The predicted molar refractivity (Wildman–Crippen MR) is 77.3 cm³/mol. The largest absolute Gasteiger partial charge is 0.394 e. The van der Waals surface area contributed by atoms with Crippen molar-refractivity contribution >= 4 is 17.0 Å². The zero-order chi connectivity index (χ0) is 16.0. The van der Waals surface area contributed by atoms with Crippen LogP contribution in [0, 0.1) is 6.92 Å². The number of fused-ring (bicyclic) bond motifs is 1. The van der Waals surface area contributed by atoms with E-state index in [-0.39, 0.29) is 18.1 Å². The number of nitrogens with zero attached hydrogens (tertiary/aromatic N) is 2. The van der Waals surface area contributed by atoms with Crippen LogP contribution in [-0.2, 0) is 9.47 Å². The van der Waals surface area contributed by atoms with Gasteiger partial charge in [0.1, 0.15) is 18.3 Å². The molecule has 5 N–H and O–H groups in total. The molecule has 0 radical (unpaired) electrons. The van der Waals surface area contributed by atoms with Crippen LogP contribution in [0.4, 0.5) is 5.95 Å². The van der Waals surface area contributed by atoms with Gasteiger partial charge in [0.05, 0.1) is 12.0 Å². The number of aliphatic hydroxyl groups excluding tert-OH is 2. The highest BCUT2D eigenvalue weighted by molar-refractivity contribution is 5.80. The third kappa shape index (κ3) is 2.10. The molecule has 3 heterocycles. The molecule has 0 saturated carbocycles.